The molecular formula is C11H19N3O4. The van der Waals surface area contributed by atoms with Crippen molar-refractivity contribution in [2.45, 2.75) is 38.3 Å². The second kappa shape index (κ2) is 6.34. The Balaban J connectivity index is 2.59. The molecule has 3 atom stereocenters. The maximum Gasteiger partial charge on any atom is 0.326 e. The first kappa shape index (κ1) is 14.4. The average molecular weight is 257 g/mol. The van der Waals surface area contributed by atoms with Crippen LogP contribution in [-0.2, 0) is 14.4 Å². The van der Waals surface area contributed by atoms with Crippen LogP contribution in [-0.4, -0.2) is 41.5 Å². The minimum absolute atomic E-state index is 0.141. The summed E-state index contributed by atoms with van der Waals surface area (Å²) in [5, 5.41) is 14.3. The first-order valence-electron chi connectivity index (χ1n) is 5.96. The highest BCUT2D eigenvalue weighted by Gasteiger charge is 2.31. The molecule has 0 aromatic carbocycles. The summed E-state index contributed by atoms with van der Waals surface area (Å²) in [6, 6.07) is -1.67. The van der Waals surface area contributed by atoms with Gasteiger partial charge in [0.25, 0.3) is 0 Å². The van der Waals surface area contributed by atoms with Crippen molar-refractivity contribution < 1.29 is 19.5 Å². The summed E-state index contributed by atoms with van der Waals surface area (Å²) in [5.41, 5.74) is 4.94. The largest absolute Gasteiger partial charge is 0.480 e. The minimum atomic E-state index is -1.26. The van der Waals surface area contributed by atoms with Gasteiger partial charge in [0.15, 0.2) is 0 Å². The van der Waals surface area contributed by atoms with Crippen molar-refractivity contribution >= 4 is 17.8 Å². The van der Waals surface area contributed by atoms with Crippen molar-refractivity contribution in [2.24, 2.45) is 11.7 Å². The van der Waals surface area contributed by atoms with Gasteiger partial charge in [0.2, 0.25) is 11.8 Å². The first-order valence-corrected chi connectivity index (χ1v) is 5.96. The number of piperidine rings is 1. The van der Waals surface area contributed by atoms with Crippen LogP contribution >= 0.6 is 0 Å². The number of aliphatic carboxylic acids is 1. The molecule has 5 N–H and O–H groups in total. The number of rotatable bonds is 5. The fourth-order valence-electron chi connectivity index (χ4n) is 2.06. The summed E-state index contributed by atoms with van der Waals surface area (Å²) < 4.78 is 0. The molecule has 1 aliphatic heterocycles. The summed E-state index contributed by atoms with van der Waals surface area (Å²) in [6.07, 6.45) is 1.51. The summed E-state index contributed by atoms with van der Waals surface area (Å²) in [4.78, 5) is 33.5. The Hall–Kier alpha value is -1.63. The number of carbonyl (C=O) groups is 3. The van der Waals surface area contributed by atoms with Gasteiger partial charge in [-0.2, -0.15) is 0 Å². The van der Waals surface area contributed by atoms with E-state index in [2.05, 4.69) is 10.6 Å². The van der Waals surface area contributed by atoms with Crippen molar-refractivity contribution in [1.29, 1.82) is 0 Å². The van der Waals surface area contributed by atoms with Gasteiger partial charge < -0.3 is 21.5 Å². The summed E-state index contributed by atoms with van der Waals surface area (Å²) in [7, 11) is 0. The number of carbonyl (C=O) groups excluding carboxylic acids is 2. The Labute approximate surface area is 105 Å². The van der Waals surface area contributed by atoms with Crippen molar-refractivity contribution in [3.63, 3.8) is 0 Å². The molecule has 2 amide bonds. The molecule has 1 fully saturated rings. The molecule has 1 heterocycles. The van der Waals surface area contributed by atoms with Crippen LogP contribution in [0.25, 0.3) is 0 Å². The molecule has 0 aromatic rings. The van der Waals surface area contributed by atoms with E-state index in [1.807, 2.05) is 6.92 Å². The molecule has 102 valence electrons. The van der Waals surface area contributed by atoms with E-state index < -0.39 is 36.3 Å². The van der Waals surface area contributed by atoms with E-state index >= 15 is 0 Å². The summed E-state index contributed by atoms with van der Waals surface area (Å²) in [5.74, 6) is -2.27. The lowest BCUT2D eigenvalue weighted by molar-refractivity contribution is -0.143. The number of nitrogens with one attached hydrogen (secondary N) is 2. The molecule has 0 aliphatic carbocycles. The topological polar surface area (TPSA) is 122 Å². The lowest BCUT2D eigenvalue weighted by Crippen LogP contribution is -2.55. The number of carboxylic acid groups (broad SMARTS) is 1. The second-order valence-electron chi connectivity index (χ2n) is 4.62. The Kier molecular flexibility index (Phi) is 5.08. The Morgan fingerprint density at radius 1 is 1.50 bits per heavy atom. The van der Waals surface area contributed by atoms with Crippen LogP contribution in [0.5, 0.6) is 0 Å². The SMILES string of the molecule is CC1CCCNC1C(=O)N[C@H](CC(N)=O)C(=O)O. The molecular weight excluding hydrogens is 238 g/mol. The van der Waals surface area contributed by atoms with Gasteiger partial charge in [-0.05, 0) is 25.3 Å². The minimum Gasteiger partial charge on any atom is -0.480 e. The Morgan fingerprint density at radius 3 is 2.67 bits per heavy atom. The van der Waals surface area contributed by atoms with Crippen molar-refractivity contribution in [1.82, 2.24) is 10.6 Å². The maximum atomic E-state index is 11.9. The Bertz CT molecular complexity index is 345. The van der Waals surface area contributed by atoms with Gasteiger partial charge in [0.05, 0.1) is 12.5 Å². The molecule has 1 saturated heterocycles. The van der Waals surface area contributed by atoms with Crippen LogP contribution in [0.4, 0.5) is 0 Å². The van der Waals surface area contributed by atoms with Crippen LogP contribution in [0.1, 0.15) is 26.2 Å². The zero-order valence-corrected chi connectivity index (χ0v) is 10.3. The highest BCUT2D eigenvalue weighted by Crippen LogP contribution is 2.15. The van der Waals surface area contributed by atoms with Crippen LogP contribution in [0.2, 0.25) is 0 Å². The van der Waals surface area contributed by atoms with Crippen molar-refractivity contribution in [3.8, 4) is 0 Å². The first-order chi connectivity index (χ1) is 8.41. The van der Waals surface area contributed by atoms with E-state index in [-0.39, 0.29) is 5.92 Å². The molecule has 0 saturated carbocycles. The van der Waals surface area contributed by atoms with E-state index in [9.17, 15) is 14.4 Å². The predicted octanol–water partition coefficient (Wildman–Crippen LogP) is -1.18. The number of hydrogen-bond acceptors (Lipinski definition) is 4. The van der Waals surface area contributed by atoms with E-state index in [1.54, 1.807) is 0 Å². The second-order valence-corrected chi connectivity index (χ2v) is 4.62. The van der Waals surface area contributed by atoms with E-state index in [1.165, 1.54) is 0 Å². The van der Waals surface area contributed by atoms with Crippen LogP contribution < -0.4 is 16.4 Å². The standard InChI is InChI=1S/C11H19N3O4/c1-6-3-2-4-13-9(6)10(16)14-7(11(17)18)5-8(12)15/h6-7,9,13H,2-5H2,1H3,(H2,12,15)(H,14,16)(H,17,18)/t6?,7-,9?/m1/s1. The molecule has 1 aliphatic rings. The van der Waals surface area contributed by atoms with E-state index in [0.717, 1.165) is 19.4 Å². The average Bonchev–Trinajstić information content (AvgIpc) is 2.27. The molecule has 0 spiro atoms. The molecule has 7 nitrogen and oxygen atoms in total. The van der Waals surface area contributed by atoms with Crippen LogP contribution in [0.15, 0.2) is 0 Å². The molecule has 7 heteroatoms. The van der Waals surface area contributed by atoms with Crippen LogP contribution in [0.3, 0.4) is 0 Å². The number of hydrogen-bond donors (Lipinski definition) is 4. The maximum absolute atomic E-state index is 11.9. The monoisotopic (exact) mass is 257 g/mol. The number of carboxylic acids is 1. The van der Waals surface area contributed by atoms with E-state index in [4.69, 9.17) is 10.8 Å². The van der Waals surface area contributed by atoms with Gasteiger partial charge >= 0.3 is 5.97 Å². The molecule has 0 bridgehead atoms. The highest BCUT2D eigenvalue weighted by atomic mass is 16.4. The third kappa shape index (κ3) is 3.99. The lowest BCUT2D eigenvalue weighted by atomic mass is 9.92. The molecule has 1 rings (SSSR count). The zero-order valence-electron chi connectivity index (χ0n) is 10.3. The summed E-state index contributed by atoms with van der Waals surface area (Å²) in [6.45, 7) is 2.66. The smallest absolute Gasteiger partial charge is 0.326 e. The van der Waals surface area contributed by atoms with Gasteiger partial charge in [0, 0.05) is 0 Å². The number of nitrogens with two attached hydrogens (primary N) is 1. The quantitative estimate of drug-likeness (QED) is 0.494. The number of amides is 2. The van der Waals surface area contributed by atoms with Crippen molar-refractivity contribution in [2.75, 3.05) is 6.54 Å². The molecule has 18 heavy (non-hydrogen) atoms. The fraction of sp³-hybridized carbons (Fsp3) is 0.727. The highest BCUT2D eigenvalue weighted by molar-refractivity contribution is 5.90. The zero-order chi connectivity index (χ0) is 13.7. The normalized spacial score (nSPS) is 25.2. The molecule has 2 unspecified atom stereocenters. The van der Waals surface area contributed by atoms with Gasteiger partial charge in [-0.15, -0.1) is 0 Å². The van der Waals surface area contributed by atoms with Gasteiger partial charge in [-0.3, -0.25) is 9.59 Å². The molecule has 0 aromatic heterocycles. The van der Waals surface area contributed by atoms with Gasteiger partial charge in [-0.25, -0.2) is 4.79 Å². The third-order valence-electron chi connectivity index (χ3n) is 3.07. The van der Waals surface area contributed by atoms with Crippen molar-refractivity contribution in [3.05, 3.63) is 0 Å². The van der Waals surface area contributed by atoms with E-state index in [0.29, 0.717) is 0 Å². The van der Waals surface area contributed by atoms with Gasteiger partial charge in [0.1, 0.15) is 6.04 Å². The number of primary amides is 1. The summed E-state index contributed by atoms with van der Waals surface area (Å²) >= 11 is 0. The third-order valence-corrected chi connectivity index (χ3v) is 3.07. The van der Waals surface area contributed by atoms with Gasteiger partial charge in [-0.1, -0.05) is 6.92 Å². The molecule has 0 radical (unpaired) electrons. The predicted molar refractivity (Wildman–Crippen MR) is 63.6 cm³/mol. The lowest BCUT2D eigenvalue weighted by Gasteiger charge is -2.29. The fourth-order valence-corrected chi connectivity index (χ4v) is 2.06. The Morgan fingerprint density at radius 2 is 2.17 bits per heavy atom. The van der Waals surface area contributed by atoms with Crippen LogP contribution in [0, 0.1) is 5.92 Å².